The summed E-state index contributed by atoms with van der Waals surface area (Å²) in [4.78, 5) is 0. The summed E-state index contributed by atoms with van der Waals surface area (Å²) in [5.74, 6) is 5.35. The third kappa shape index (κ3) is 3.29. The smallest absolute Gasteiger partial charge is 0.00700 e. The third-order valence-corrected chi connectivity index (χ3v) is 5.76. The molecule has 106 valence electrons. The zero-order chi connectivity index (χ0) is 13.3. The molecule has 1 nitrogen and oxygen atoms in total. The molecule has 0 amide bonds. The maximum absolute atomic E-state index is 6.46. The highest BCUT2D eigenvalue weighted by atomic mass is 14.7. The van der Waals surface area contributed by atoms with E-state index in [0.29, 0.717) is 6.04 Å². The molecule has 0 aromatic heterocycles. The molecule has 2 aliphatic rings. The Morgan fingerprint density at radius 1 is 0.889 bits per heavy atom. The van der Waals surface area contributed by atoms with Gasteiger partial charge >= 0.3 is 0 Å². The van der Waals surface area contributed by atoms with Crippen LogP contribution >= 0.6 is 0 Å². The molecule has 0 aromatic carbocycles. The van der Waals surface area contributed by atoms with Gasteiger partial charge in [-0.05, 0) is 74.0 Å². The molecular weight excluding hydrogens is 218 g/mol. The van der Waals surface area contributed by atoms with Gasteiger partial charge in [-0.2, -0.15) is 0 Å². The molecule has 0 aliphatic heterocycles. The van der Waals surface area contributed by atoms with Crippen LogP contribution in [0.25, 0.3) is 0 Å². The summed E-state index contributed by atoms with van der Waals surface area (Å²) in [5.41, 5.74) is 6.46. The predicted octanol–water partition coefficient (Wildman–Crippen LogP) is 4.46. The number of hydrogen-bond acceptors (Lipinski definition) is 1. The zero-order valence-corrected chi connectivity index (χ0v) is 12.9. The summed E-state index contributed by atoms with van der Waals surface area (Å²) in [7, 11) is 0. The van der Waals surface area contributed by atoms with E-state index in [2.05, 4.69) is 27.7 Å². The van der Waals surface area contributed by atoms with E-state index in [1.807, 2.05) is 0 Å². The second-order valence-electron chi connectivity index (χ2n) is 7.82. The lowest BCUT2D eigenvalue weighted by Gasteiger charge is -2.44. The van der Waals surface area contributed by atoms with Crippen LogP contribution in [0.5, 0.6) is 0 Å². The van der Waals surface area contributed by atoms with E-state index < -0.39 is 0 Å². The fourth-order valence-corrected chi connectivity index (χ4v) is 4.77. The van der Waals surface area contributed by atoms with E-state index in [1.54, 1.807) is 0 Å². The van der Waals surface area contributed by atoms with E-state index in [-0.39, 0.29) is 0 Å². The first-order valence-electron chi connectivity index (χ1n) is 8.23. The van der Waals surface area contributed by atoms with E-state index in [1.165, 1.54) is 38.5 Å². The molecule has 0 aromatic rings. The van der Waals surface area contributed by atoms with Gasteiger partial charge in [-0.3, -0.25) is 0 Å². The van der Waals surface area contributed by atoms with Crippen molar-refractivity contribution in [2.24, 2.45) is 41.2 Å². The zero-order valence-electron chi connectivity index (χ0n) is 12.9. The van der Waals surface area contributed by atoms with Gasteiger partial charge in [0, 0.05) is 6.04 Å². The molecule has 2 rings (SSSR count). The van der Waals surface area contributed by atoms with Crippen molar-refractivity contribution >= 4 is 0 Å². The fourth-order valence-electron chi connectivity index (χ4n) is 4.77. The maximum atomic E-state index is 6.46. The van der Waals surface area contributed by atoms with Crippen LogP contribution in [0.1, 0.15) is 66.2 Å². The van der Waals surface area contributed by atoms with Crippen LogP contribution in [0.2, 0.25) is 0 Å². The SMILES string of the molecule is CC1CC(C)CC(C2CC(C(C)C)CCC2N)C1. The minimum Gasteiger partial charge on any atom is -0.327 e. The van der Waals surface area contributed by atoms with Crippen LogP contribution in [0.15, 0.2) is 0 Å². The molecular formula is C17H33N. The predicted molar refractivity (Wildman–Crippen MR) is 79.3 cm³/mol. The second-order valence-corrected chi connectivity index (χ2v) is 7.82. The maximum Gasteiger partial charge on any atom is 0.00700 e. The Labute approximate surface area is 114 Å². The standard InChI is InChI=1S/C17H33N/c1-11(2)14-5-6-17(18)16(10-14)15-8-12(3)7-13(4)9-15/h11-17H,5-10,18H2,1-4H3. The Kier molecular flexibility index (Phi) is 4.75. The topological polar surface area (TPSA) is 26.0 Å². The largest absolute Gasteiger partial charge is 0.327 e. The van der Waals surface area contributed by atoms with Crippen molar-refractivity contribution in [2.75, 3.05) is 0 Å². The molecule has 0 spiro atoms. The van der Waals surface area contributed by atoms with E-state index in [9.17, 15) is 0 Å². The van der Waals surface area contributed by atoms with Gasteiger partial charge in [0.05, 0.1) is 0 Å². The summed E-state index contributed by atoms with van der Waals surface area (Å²) in [6.07, 6.45) is 8.36. The Hall–Kier alpha value is -0.0400. The lowest BCUT2D eigenvalue weighted by Crippen LogP contribution is -2.43. The van der Waals surface area contributed by atoms with E-state index >= 15 is 0 Å². The molecule has 18 heavy (non-hydrogen) atoms. The number of nitrogens with two attached hydrogens (primary N) is 1. The monoisotopic (exact) mass is 251 g/mol. The van der Waals surface area contributed by atoms with Gasteiger partial charge in [0.2, 0.25) is 0 Å². The molecule has 2 fully saturated rings. The van der Waals surface area contributed by atoms with Crippen molar-refractivity contribution in [2.45, 2.75) is 72.3 Å². The van der Waals surface area contributed by atoms with Crippen molar-refractivity contribution in [3.63, 3.8) is 0 Å². The number of rotatable bonds is 2. The molecule has 0 radical (unpaired) electrons. The highest BCUT2D eigenvalue weighted by Gasteiger charge is 2.37. The van der Waals surface area contributed by atoms with Crippen LogP contribution in [0.3, 0.4) is 0 Å². The summed E-state index contributed by atoms with van der Waals surface area (Å²) in [6.45, 7) is 9.67. The Balaban J connectivity index is 2.00. The summed E-state index contributed by atoms with van der Waals surface area (Å²) in [5, 5.41) is 0. The van der Waals surface area contributed by atoms with Gasteiger partial charge in [0.1, 0.15) is 0 Å². The molecule has 2 N–H and O–H groups in total. The normalized spacial score (nSPS) is 46.3. The van der Waals surface area contributed by atoms with Crippen molar-refractivity contribution in [3.8, 4) is 0 Å². The van der Waals surface area contributed by atoms with Crippen molar-refractivity contribution < 1.29 is 0 Å². The summed E-state index contributed by atoms with van der Waals surface area (Å²) in [6, 6.07) is 0.488. The summed E-state index contributed by atoms with van der Waals surface area (Å²) < 4.78 is 0. The Bertz CT molecular complexity index is 250. The second kappa shape index (κ2) is 5.94. The van der Waals surface area contributed by atoms with Crippen molar-refractivity contribution in [1.82, 2.24) is 0 Å². The molecule has 2 saturated carbocycles. The van der Waals surface area contributed by atoms with Crippen molar-refractivity contribution in [3.05, 3.63) is 0 Å². The van der Waals surface area contributed by atoms with E-state index in [0.717, 1.165) is 35.5 Å². The molecule has 5 unspecified atom stereocenters. The van der Waals surface area contributed by atoms with Gasteiger partial charge in [-0.1, -0.05) is 27.7 Å². The summed E-state index contributed by atoms with van der Waals surface area (Å²) >= 11 is 0. The Morgan fingerprint density at radius 3 is 2.06 bits per heavy atom. The molecule has 0 bridgehead atoms. The van der Waals surface area contributed by atoms with Crippen LogP contribution in [-0.2, 0) is 0 Å². The van der Waals surface area contributed by atoms with Crippen LogP contribution < -0.4 is 5.73 Å². The molecule has 1 heteroatoms. The Morgan fingerprint density at radius 2 is 1.50 bits per heavy atom. The van der Waals surface area contributed by atoms with Gasteiger partial charge in [-0.15, -0.1) is 0 Å². The van der Waals surface area contributed by atoms with Gasteiger partial charge in [0.15, 0.2) is 0 Å². The highest BCUT2D eigenvalue weighted by Crippen LogP contribution is 2.44. The van der Waals surface area contributed by atoms with Crippen molar-refractivity contribution in [1.29, 1.82) is 0 Å². The van der Waals surface area contributed by atoms with E-state index in [4.69, 9.17) is 5.73 Å². The third-order valence-electron chi connectivity index (χ3n) is 5.76. The first-order chi connectivity index (χ1) is 8.47. The molecule has 2 aliphatic carbocycles. The molecule has 0 heterocycles. The minimum absolute atomic E-state index is 0.488. The lowest BCUT2D eigenvalue weighted by atomic mass is 9.63. The highest BCUT2D eigenvalue weighted by molar-refractivity contribution is 4.90. The fraction of sp³-hybridized carbons (Fsp3) is 1.00. The van der Waals surface area contributed by atoms with Crippen LogP contribution in [0, 0.1) is 35.5 Å². The number of hydrogen-bond donors (Lipinski definition) is 1. The quantitative estimate of drug-likeness (QED) is 0.770. The average Bonchev–Trinajstić information content (AvgIpc) is 2.27. The lowest BCUT2D eigenvalue weighted by molar-refractivity contribution is 0.0844. The average molecular weight is 251 g/mol. The first kappa shape index (κ1) is 14.4. The first-order valence-corrected chi connectivity index (χ1v) is 8.23. The van der Waals surface area contributed by atoms with Gasteiger partial charge in [0.25, 0.3) is 0 Å². The van der Waals surface area contributed by atoms with Crippen LogP contribution in [0.4, 0.5) is 0 Å². The van der Waals surface area contributed by atoms with Gasteiger partial charge < -0.3 is 5.73 Å². The minimum atomic E-state index is 0.488. The molecule has 0 saturated heterocycles. The van der Waals surface area contributed by atoms with Crippen LogP contribution in [-0.4, -0.2) is 6.04 Å². The van der Waals surface area contributed by atoms with Gasteiger partial charge in [-0.25, -0.2) is 0 Å². The molecule has 5 atom stereocenters.